The number of benzene rings is 1. The summed E-state index contributed by atoms with van der Waals surface area (Å²) in [6, 6.07) is 3.00. The smallest absolute Gasteiger partial charge is 0.161 e. The first kappa shape index (κ1) is 12.9. The largest absolute Gasteiger partial charge is 0.207 e. The zero-order chi connectivity index (χ0) is 12.6. The van der Waals surface area contributed by atoms with E-state index in [2.05, 4.69) is 15.9 Å². The zero-order valence-corrected chi connectivity index (χ0v) is 11.3. The van der Waals surface area contributed by atoms with E-state index in [9.17, 15) is 13.2 Å². The van der Waals surface area contributed by atoms with Gasteiger partial charge in [-0.1, -0.05) is 0 Å². The normalized spacial score (nSPS) is 12.8. The second-order valence-electron chi connectivity index (χ2n) is 3.33. The molecule has 1 heterocycles. The average molecular weight is 342 g/mol. The first-order valence-corrected chi connectivity index (χ1v) is 6.62. The highest BCUT2D eigenvalue weighted by molar-refractivity contribution is 9.11. The van der Waals surface area contributed by atoms with E-state index in [0.717, 1.165) is 9.85 Å². The lowest BCUT2D eigenvalue weighted by Gasteiger charge is -2.09. The molecule has 0 saturated carbocycles. The van der Waals surface area contributed by atoms with Crippen LogP contribution in [0.3, 0.4) is 0 Å². The molecule has 0 spiro atoms. The van der Waals surface area contributed by atoms with Gasteiger partial charge in [0.15, 0.2) is 11.6 Å². The fraction of sp³-hybridized carbons (Fsp3) is 0.0909. The van der Waals surface area contributed by atoms with Crippen molar-refractivity contribution in [3.05, 3.63) is 55.9 Å². The summed E-state index contributed by atoms with van der Waals surface area (Å²) in [5, 5.41) is 0.885. The topological polar surface area (TPSA) is 0 Å². The number of alkyl halides is 1. The summed E-state index contributed by atoms with van der Waals surface area (Å²) < 4.78 is 40.1. The monoisotopic (exact) mass is 340 g/mol. The van der Waals surface area contributed by atoms with Crippen molar-refractivity contribution in [2.45, 2.75) is 5.38 Å². The molecular weight excluding hydrogens is 337 g/mol. The SMILES string of the molecule is Fc1cc(F)c(C(Cl)c2csc(Br)c2)cc1F. The Morgan fingerprint density at radius 3 is 2.29 bits per heavy atom. The highest BCUT2D eigenvalue weighted by Gasteiger charge is 2.19. The van der Waals surface area contributed by atoms with Crippen LogP contribution in [0.25, 0.3) is 0 Å². The van der Waals surface area contributed by atoms with Crippen molar-refractivity contribution in [2.75, 3.05) is 0 Å². The maximum absolute atomic E-state index is 13.5. The molecule has 0 nitrogen and oxygen atoms in total. The lowest BCUT2D eigenvalue weighted by Crippen LogP contribution is -1.99. The Morgan fingerprint density at radius 2 is 1.71 bits per heavy atom. The van der Waals surface area contributed by atoms with Gasteiger partial charge in [0.2, 0.25) is 0 Å². The van der Waals surface area contributed by atoms with Crippen LogP contribution >= 0.6 is 38.9 Å². The first-order valence-electron chi connectivity index (χ1n) is 4.51. The van der Waals surface area contributed by atoms with Gasteiger partial charge in [0, 0.05) is 11.6 Å². The zero-order valence-electron chi connectivity index (χ0n) is 8.18. The summed E-state index contributed by atoms with van der Waals surface area (Å²) in [7, 11) is 0. The molecule has 0 saturated heterocycles. The third-order valence-corrected chi connectivity index (χ3v) is 4.20. The van der Waals surface area contributed by atoms with E-state index >= 15 is 0 Å². The van der Waals surface area contributed by atoms with Gasteiger partial charge in [0.1, 0.15) is 5.82 Å². The van der Waals surface area contributed by atoms with Gasteiger partial charge in [-0.3, -0.25) is 0 Å². The van der Waals surface area contributed by atoms with Gasteiger partial charge >= 0.3 is 0 Å². The van der Waals surface area contributed by atoms with Crippen LogP contribution in [0, 0.1) is 17.5 Å². The van der Waals surface area contributed by atoms with E-state index in [-0.39, 0.29) is 5.56 Å². The molecule has 2 rings (SSSR count). The fourth-order valence-electron chi connectivity index (χ4n) is 1.37. The lowest BCUT2D eigenvalue weighted by molar-refractivity contribution is 0.490. The molecule has 0 aliphatic carbocycles. The fourth-order valence-corrected chi connectivity index (χ4v) is 2.94. The van der Waals surface area contributed by atoms with E-state index in [0.29, 0.717) is 11.6 Å². The minimum Gasteiger partial charge on any atom is -0.207 e. The van der Waals surface area contributed by atoms with Crippen LogP contribution in [0.5, 0.6) is 0 Å². The van der Waals surface area contributed by atoms with Crippen molar-refractivity contribution in [3.8, 4) is 0 Å². The van der Waals surface area contributed by atoms with Crippen LogP contribution < -0.4 is 0 Å². The van der Waals surface area contributed by atoms with Gasteiger partial charge in [-0.05, 0) is 39.0 Å². The van der Waals surface area contributed by atoms with Gasteiger partial charge in [-0.25, -0.2) is 13.2 Å². The number of hydrogen-bond donors (Lipinski definition) is 0. The Hall–Kier alpha value is -0.520. The summed E-state index contributed by atoms with van der Waals surface area (Å²) in [6.07, 6.45) is 0. The number of hydrogen-bond acceptors (Lipinski definition) is 1. The van der Waals surface area contributed by atoms with Crippen molar-refractivity contribution < 1.29 is 13.2 Å². The van der Waals surface area contributed by atoms with Crippen molar-refractivity contribution in [1.29, 1.82) is 0 Å². The summed E-state index contributed by atoms with van der Waals surface area (Å²) >= 11 is 10.7. The van der Waals surface area contributed by atoms with Crippen LogP contribution in [-0.2, 0) is 0 Å². The van der Waals surface area contributed by atoms with Crippen LogP contribution in [0.4, 0.5) is 13.2 Å². The lowest BCUT2D eigenvalue weighted by atomic mass is 10.1. The molecule has 90 valence electrons. The maximum atomic E-state index is 13.5. The molecule has 0 fully saturated rings. The minimum atomic E-state index is -1.22. The second-order valence-corrected chi connectivity index (χ2v) is 6.06. The van der Waals surface area contributed by atoms with Crippen molar-refractivity contribution in [3.63, 3.8) is 0 Å². The van der Waals surface area contributed by atoms with E-state index < -0.39 is 22.8 Å². The van der Waals surface area contributed by atoms with Crippen molar-refractivity contribution in [2.24, 2.45) is 0 Å². The molecule has 1 aromatic heterocycles. The van der Waals surface area contributed by atoms with Crippen LogP contribution in [0.1, 0.15) is 16.5 Å². The molecule has 17 heavy (non-hydrogen) atoms. The molecule has 0 radical (unpaired) electrons. The quantitative estimate of drug-likeness (QED) is 0.516. The van der Waals surface area contributed by atoms with Crippen LogP contribution in [-0.4, -0.2) is 0 Å². The summed E-state index contributed by atoms with van der Waals surface area (Å²) in [5.41, 5.74) is 0.560. The average Bonchev–Trinajstić information content (AvgIpc) is 2.69. The third kappa shape index (κ3) is 2.67. The second kappa shape index (κ2) is 5.00. The van der Waals surface area contributed by atoms with Gasteiger partial charge in [-0.15, -0.1) is 22.9 Å². The molecule has 0 N–H and O–H groups in total. The molecule has 1 atom stereocenters. The number of rotatable bonds is 2. The van der Waals surface area contributed by atoms with E-state index in [1.807, 2.05) is 0 Å². The molecule has 0 aliphatic rings. The van der Waals surface area contributed by atoms with E-state index in [1.165, 1.54) is 11.3 Å². The molecule has 2 aromatic rings. The van der Waals surface area contributed by atoms with Crippen molar-refractivity contribution >= 4 is 38.9 Å². The summed E-state index contributed by atoms with van der Waals surface area (Å²) in [4.78, 5) is 0. The molecular formula is C11H5BrClF3S. The van der Waals surface area contributed by atoms with E-state index in [1.54, 1.807) is 11.4 Å². The number of halogens is 5. The van der Waals surface area contributed by atoms with Gasteiger partial charge < -0.3 is 0 Å². The maximum Gasteiger partial charge on any atom is 0.161 e. The Kier molecular flexibility index (Phi) is 3.80. The number of thiophene rings is 1. The predicted octanol–water partition coefficient (Wildman–Crippen LogP) is 5.26. The molecule has 0 bridgehead atoms. The Bertz CT molecular complexity index is 556. The van der Waals surface area contributed by atoms with Crippen LogP contribution in [0.15, 0.2) is 27.4 Å². The highest BCUT2D eigenvalue weighted by atomic mass is 79.9. The summed E-state index contributed by atoms with van der Waals surface area (Å²) in [5.74, 6) is -3.19. The van der Waals surface area contributed by atoms with Gasteiger partial charge in [0.25, 0.3) is 0 Å². The Balaban J connectivity index is 2.43. The van der Waals surface area contributed by atoms with Gasteiger partial charge in [0.05, 0.1) is 9.16 Å². The molecule has 1 aromatic carbocycles. The Labute approximate surface area is 113 Å². The molecule has 0 aliphatic heterocycles. The van der Waals surface area contributed by atoms with Crippen molar-refractivity contribution in [1.82, 2.24) is 0 Å². The Morgan fingerprint density at radius 1 is 1.06 bits per heavy atom. The molecule has 6 heteroatoms. The third-order valence-electron chi connectivity index (χ3n) is 2.19. The highest BCUT2D eigenvalue weighted by Crippen LogP contribution is 2.35. The standard InChI is InChI=1S/C11H5BrClF3S/c12-10-1-5(4-17-10)11(13)6-2-8(15)9(16)3-7(6)14/h1-4,11H. The van der Waals surface area contributed by atoms with Crippen LogP contribution in [0.2, 0.25) is 0 Å². The molecule has 0 amide bonds. The molecule has 1 unspecified atom stereocenters. The summed E-state index contributed by atoms with van der Waals surface area (Å²) in [6.45, 7) is 0. The first-order chi connectivity index (χ1) is 7.99. The van der Waals surface area contributed by atoms with Gasteiger partial charge in [-0.2, -0.15) is 0 Å². The predicted molar refractivity (Wildman–Crippen MR) is 66.0 cm³/mol. The minimum absolute atomic E-state index is 0.0733. The van der Waals surface area contributed by atoms with E-state index in [4.69, 9.17) is 11.6 Å².